The molecule has 2 aliphatic rings. The van der Waals surface area contributed by atoms with Gasteiger partial charge in [-0.25, -0.2) is 9.97 Å². The number of carbonyl (C=O) groups is 2. The lowest BCUT2D eigenvalue weighted by atomic mass is 9.85. The summed E-state index contributed by atoms with van der Waals surface area (Å²) < 4.78 is 0. The minimum Gasteiger partial charge on any atom is -0.367 e. The van der Waals surface area contributed by atoms with Gasteiger partial charge in [0.1, 0.15) is 17.8 Å². The average Bonchev–Trinajstić information content (AvgIpc) is 3.30. The largest absolute Gasteiger partial charge is 0.367 e. The Bertz CT molecular complexity index is 1190. The second-order valence-electron chi connectivity index (χ2n) is 9.61. The molecule has 1 aromatic carbocycles. The molecule has 2 N–H and O–H groups in total. The summed E-state index contributed by atoms with van der Waals surface area (Å²) in [7, 11) is 2.10. The Kier molecular flexibility index (Phi) is 6.32. The first-order valence-electron chi connectivity index (χ1n) is 12.2. The van der Waals surface area contributed by atoms with Gasteiger partial charge in [0.15, 0.2) is 5.78 Å². The summed E-state index contributed by atoms with van der Waals surface area (Å²) in [6.07, 6.45) is 6.80. The van der Waals surface area contributed by atoms with Crippen molar-refractivity contribution in [2.45, 2.75) is 38.6 Å². The van der Waals surface area contributed by atoms with Crippen LogP contribution >= 0.6 is 0 Å². The number of likely N-dealkylation sites (N-methyl/N-ethyl adjacent to an activating group) is 1. The number of ketones is 1. The molecule has 1 saturated carbocycles. The number of fused-ring (bicyclic) bond motifs is 1. The van der Waals surface area contributed by atoms with Crippen LogP contribution in [0.5, 0.6) is 0 Å². The van der Waals surface area contributed by atoms with Gasteiger partial charge in [-0.15, -0.1) is 0 Å². The molecule has 0 atom stereocenters. The summed E-state index contributed by atoms with van der Waals surface area (Å²) in [6, 6.07) is 7.83. The topological polar surface area (TPSA) is 94.2 Å². The lowest BCUT2D eigenvalue weighted by molar-refractivity contribution is -0.138. The molecule has 8 nitrogen and oxygen atoms in total. The first kappa shape index (κ1) is 22.5. The van der Waals surface area contributed by atoms with Crippen LogP contribution in [0.1, 0.15) is 47.2 Å². The van der Waals surface area contributed by atoms with Crippen molar-refractivity contribution in [3.63, 3.8) is 0 Å². The van der Waals surface area contributed by atoms with Crippen LogP contribution in [0.2, 0.25) is 0 Å². The Labute approximate surface area is 199 Å². The highest BCUT2D eigenvalue weighted by molar-refractivity contribution is 6.18. The Balaban J connectivity index is 1.29. The quantitative estimate of drug-likeness (QED) is 0.568. The van der Waals surface area contributed by atoms with Crippen molar-refractivity contribution >= 4 is 28.5 Å². The van der Waals surface area contributed by atoms with Crippen molar-refractivity contribution < 1.29 is 9.59 Å². The van der Waals surface area contributed by atoms with Gasteiger partial charge in [-0.3, -0.25) is 9.59 Å². The van der Waals surface area contributed by atoms with Crippen molar-refractivity contribution in [2.75, 3.05) is 38.5 Å². The molecule has 3 heterocycles. The van der Waals surface area contributed by atoms with Crippen LogP contribution in [0.3, 0.4) is 0 Å². The van der Waals surface area contributed by atoms with Crippen molar-refractivity contribution in [1.29, 1.82) is 0 Å². The number of aromatic nitrogens is 3. The molecule has 0 bridgehead atoms. The molecule has 178 valence electrons. The molecule has 0 spiro atoms. The lowest BCUT2D eigenvalue weighted by Crippen LogP contribution is -2.49. The van der Waals surface area contributed by atoms with Crippen molar-refractivity contribution in [2.24, 2.45) is 5.92 Å². The highest BCUT2D eigenvalue weighted by atomic mass is 16.2. The SMILES string of the molecule is Cc1ccccc1C(=O)c1c[nH]c2ncnc(NC3CCC(C(=O)N4CCN(C)CC4)CC3)c12. The molecule has 8 heteroatoms. The molecule has 0 radical (unpaired) electrons. The van der Waals surface area contributed by atoms with E-state index >= 15 is 0 Å². The number of hydrogen-bond acceptors (Lipinski definition) is 6. The van der Waals surface area contributed by atoms with E-state index in [0.29, 0.717) is 28.5 Å². The van der Waals surface area contributed by atoms with Crippen molar-refractivity contribution in [1.82, 2.24) is 24.8 Å². The number of nitrogens with zero attached hydrogens (tertiary/aromatic N) is 4. The normalized spacial score (nSPS) is 21.5. The lowest BCUT2D eigenvalue weighted by Gasteiger charge is -2.36. The molecule has 5 rings (SSSR count). The number of hydrogen-bond donors (Lipinski definition) is 2. The van der Waals surface area contributed by atoms with E-state index in [4.69, 9.17) is 0 Å². The van der Waals surface area contributed by atoms with Crippen LogP contribution in [0.25, 0.3) is 11.0 Å². The second kappa shape index (κ2) is 9.54. The minimum atomic E-state index is -0.0383. The first-order chi connectivity index (χ1) is 16.5. The van der Waals surface area contributed by atoms with Crippen LogP contribution in [-0.4, -0.2) is 75.7 Å². The standard InChI is InChI=1S/C26H32N6O2/c1-17-5-3-4-6-20(17)23(33)21-15-27-24-22(21)25(29-16-28-24)30-19-9-7-18(8-10-19)26(34)32-13-11-31(2)12-14-32/h3-6,15-16,18-19H,7-14H2,1-2H3,(H2,27,28,29,30). The first-order valence-corrected chi connectivity index (χ1v) is 12.2. The van der Waals surface area contributed by atoms with Crippen LogP contribution < -0.4 is 5.32 Å². The van der Waals surface area contributed by atoms with Gasteiger partial charge in [0.2, 0.25) is 5.91 Å². The highest BCUT2D eigenvalue weighted by Crippen LogP contribution is 2.31. The Hall–Kier alpha value is -3.26. The van der Waals surface area contributed by atoms with Crippen LogP contribution in [0.15, 0.2) is 36.8 Å². The smallest absolute Gasteiger partial charge is 0.225 e. The second-order valence-corrected chi connectivity index (χ2v) is 9.61. The maximum atomic E-state index is 13.3. The monoisotopic (exact) mass is 460 g/mol. The van der Waals surface area contributed by atoms with E-state index in [0.717, 1.165) is 62.8 Å². The molecule has 1 aliphatic heterocycles. The third kappa shape index (κ3) is 4.42. The minimum absolute atomic E-state index is 0.0383. The van der Waals surface area contributed by atoms with Gasteiger partial charge in [-0.05, 0) is 45.2 Å². The molecular formula is C26H32N6O2. The molecule has 34 heavy (non-hydrogen) atoms. The number of H-pyrrole nitrogens is 1. The third-order valence-corrected chi connectivity index (χ3v) is 7.34. The number of nitrogens with one attached hydrogen (secondary N) is 2. The van der Waals surface area contributed by atoms with Gasteiger partial charge in [0.05, 0.1) is 10.9 Å². The molecule has 2 fully saturated rings. The van der Waals surface area contributed by atoms with E-state index in [2.05, 4.69) is 32.2 Å². The number of aromatic amines is 1. The van der Waals surface area contributed by atoms with Gasteiger partial charge >= 0.3 is 0 Å². The van der Waals surface area contributed by atoms with E-state index in [1.54, 1.807) is 6.20 Å². The summed E-state index contributed by atoms with van der Waals surface area (Å²) in [5.41, 5.74) is 2.84. The fraction of sp³-hybridized carbons (Fsp3) is 0.462. The van der Waals surface area contributed by atoms with E-state index in [1.807, 2.05) is 36.1 Å². The predicted octanol–water partition coefficient (Wildman–Crippen LogP) is 3.24. The molecule has 1 aliphatic carbocycles. The number of benzene rings is 1. The third-order valence-electron chi connectivity index (χ3n) is 7.34. The van der Waals surface area contributed by atoms with Gasteiger partial charge in [-0.2, -0.15) is 0 Å². The van der Waals surface area contributed by atoms with Crippen LogP contribution in [-0.2, 0) is 4.79 Å². The molecule has 2 aromatic heterocycles. The Morgan fingerprint density at radius 3 is 2.47 bits per heavy atom. The van der Waals surface area contributed by atoms with Gasteiger partial charge in [-0.1, -0.05) is 24.3 Å². The molecular weight excluding hydrogens is 428 g/mol. The summed E-state index contributed by atoms with van der Waals surface area (Å²) in [5, 5.41) is 4.29. The molecule has 1 saturated heterocycles. The zero-order valence-corrected chi connectivity index (χ0v) is 19.9. The zero-order chi connectivity index (χ0) is 23.7. The average molecular weight is 461 g/mol. The molecule has 0 unspecified atom stereocenters. The summed E-state index contributed by atoms with van der Waals surface area (Å²) in [6.45, 7) is 5.51. The fourth-order valence-electron chi connectivity index (χ4n) is 5.19. The summed E-state index contributed by atoms with van der Waals surface area (Å²) in [4.78, 5) is 42.6. The van der Waals surface area contributed by atoms with Crippen LogP contribution in [0, 0.1) is 12.8 Å². The predicted molar refractivity (Wildman–Crippen MR) is 132 cm³/mol. The van der Waals surface area contributed by atoms with E-state index in [1.165, 1.54) is 6.33 Å². The number of carbonyl (C=O) groups excluding carboxylic acids is 2. The van der Waals surface area contributed by atoms with Crippen molar-refractivity contribution in [3.05, 3.63) is 53.5 Å². The highest BCUT2D eigenvalue weighted by Gasteiger charge is 2.31. The number of piperazine rings is 1. The maximum absolute atomic E-state index is 13.3. The number of amides is 1. The summed E-state index contributed by atoms with van der Waals surface area (Å²) in [5.74, 6) is 1.06. The van der Waals surface area contributed by atoms with Gasteiger partial charge in [0.25, 0.3) is 0 Å². The van der Waals surface area contributed by atoms with Crippen molar-refractivity contribution in [3.8, 4) is 0 Å². The van der Waals surface area contributed by atoms with E-state index < -0.39 is 0 Å². The van der Waals surface area contributed by atoms with Gasteiger partial charge in [0, 0.05) is 49.9 Å². The van der Waals surface area contributed by atoms with E-state index in [9.17, 15) is 9.59 Å². The fourth-order valence-corrected chi connectivity index (χ4v) is 5.19. The van der Waals surface area contributed by atoms with Gasteiger partial charge < -0.3 is 20.1 Å². The zero-order valence-electron chi connectivity index (χ0n) is 19.9. The number of aryl methyl sites for hydroxylation is 1. The number of rotatable bonds is 5. The number of anilines is 1. The Morgan fingerprint density at radius 1 is 1.00 bits per heavy atom. The van der Waals surface area contributed by atoms with E-state index in [-0.39, 0.29) is 17.7 Å². The maximum Gasteiger partial charge on any atom is 0.225 e. The summed E-state index contributed by atoms with van der Waals surface area (Å²) >= 11 is 0. The Morgan fingerprint density at radius 2 is 1.74 bits per heavy atom. The van der Waals surface area contributed by atoms with Crippen LogP contribution in [0.4, 0.5) is 5.82 Å². The molecule has 3 aromatic rings. The molecule has 1 amide bonds.